The number of nitrogens with two attached hydrogens (primary N) is 1. The van der Waals surface area contributed by atoms with Gasteiger partial charge < -0.3 is 15.9 Å². The molecule has 0 aliphatic rings. The van der Waals surface area contributed by atoms with Gasteiger partial charge in [-0.1, -0.05) is 6.07 Å². The standard InChI is InChI=1S/C9H13NO2S/c10-8-5-7(1-2-9(8)12)6-13-4-3-11/h1-2,5,11-12H,3-4,6,10H2. The maximum Gasteiger partial charge on any atom is 0.138 e. The molecule has 0 amide bonds. The number of aliphatic hydroxyl groups is 1. The average molecular weight is 199 g/mol. The number of phenols is 1. The Labute approximate surface area is 81.6 Å². The average Bonchev–Trinajstić information content (AvgIpc) is 2.12. The fraction of sp³-hybridized carbons (Fsp3) is 0.333. The molecule has 0 heterocycles. The molecule has 0 fully saturated rings. The number of anilines is 1. The Kier molecular flexibility index (Phi) is 3.92. The molecule has 13 heavy (non-hydrogen) atoms. The zero-order valence-corrected chi connectivity index (χ0v) is 8.05. The van der Waals surface area contributed by atoms with Gasteiger partial charge in [0, 0.05) is 11.5 Å². The summed E-state index contributed by atoms with van der Waals surface area (Å²) < 4.78 is 0. The Morgan fingerprint density at radius 3 is 2.77 bits per heavy atom. The fourth-order valence-electron chi connectivity index (χ4n) is 0.948. The second-order valence-electron chi connectivity index (χ2n) is 2.67. The Morgan fingerprint density at radius 1 is 1.38 bits per heavy atom. The van der Waals surface area contributed by atoms with Crippen LogP contribution in [0.2, 0.25) is 0 Å². The van der Waals surface area contributed by atoms with Gasteiger partial charge in [0.1, 0.15) is 5.75 Å². The Morgan fingerprint density at radius 2 is 2.15 bits per heavy atom. The first-order valence-corrected chi connectivity index (χ1v) is 5.15. The summed E-state index contributed by atoms with van der Waals surface area (Å²) in [6.45, 7) is 0.193. The number of hydrogen-bond donors (Lipinski definition) is 3. The fourth-order valence-corrected chi connectivity index (χ4v) is 1.64. The van der Waals surface area contributed by atoms with Gasteiger partial charge in [-0.25, -0.2) is 0 Å². The van der Waals surface area contributed by atoms with Crippen LogP contribution in [0.1, 0.15) is 5.56 Å². The van der Waals surface area contributed by atoms with Crippen molar-refractivity contribution in [1.29, 1.82) is 0 Å². The molecule has 1 aromatic rings. The van der Waals surface area contributed by atoms with Gasteiger partial charge in [0.25, 0.3) is 0 Å². The number of hydrogen-bond acceptors (Lipinski definition) is 4. The molecule has 1 aromatic carbocycles. The van der Waals surface area contributed by atoms with E-state index in [4.69, 9.17) is 15.9 Å². The third kappa shape index (κ3) is 3.16. The molecular weight excluding hydrogens is 186 g/mol. The zero-order valence-electron chi connectivity index (χ0n) is 7.23. The molecule has 0 aliphatic carbocycles. The van der Waals surface area contributed by atoms with Crippen LogP contribution in [0.3, 0.4) is 0 Å². The van der Waals surface area contributed by atoms with E-state index in [1.165, 1.54) is 0 Å². The maximum absolute atomic E-state index is 9.14. The van der Waals surface area contributed by atoms with Crippen molar-refractivity contribution in [2.75, 3.05) is 18.1 Å². The smallest absolute Gasteiger partial charge is 0.138 e. The van der Waals surface area contributed by atoms with Crippen molar-refractivity contribution in [2.24, 2.45) is 0 Å². The van der Waals surface area contributed by atoms with Crippen LogP contribution in [-0.4, -0.2) is 22.6 Å². The minimum absolute atomic E-state index is 0.121. The number of phenolic OH excluding ortho intramolecular Hbond substituents is 1. The molecular formula is C9H13NO2S. The molecule has 3 nitrogen and oxygen atoms in total. The molecule has 4 heteroatoms. The minimum Gasteiger partial charge on any atom is -0.506 e. The summed E-state index contributed by atoms with van der Waals surface area (Å²) in [5.74, 6) is 1.65. The lowest BCUT2D eigenvalue weighted by Gasteiger charge is -2.03. The highest BCUT2D eigenvalue weighted by atomic mass is 32.2. The van der Waals surface area contributed by atoms with Crippen LogP contribution in [0, 0.1) is 0 Å². The van der Waals surface area contributed by atoms with Crippen molar-refractivity contribution in [3.63, 3.8) is 0 Å². The second-order valence-corrected chi connectivity index (χ2v) is 3.77. The normalized spacial score (nSPS) is 10.2. The summed E-state index contributed by atoms with van der Waals surface area (Å²) in [6, 6.07) is 5.17. The van der Waals surface area contributed by atoms with Gasteiger partial charge >= 0.3 is 0 Å². The first-order valence-electron chi connectivity index (χ1n) is 4.00. The molecule has 0 saturated carbocycles. The van der Waals surface area contributed by atoms with E-state index in [0.717, 1.165) is 17.1 Å². The number of rotatable bonds is 4. The van der Waals surface area contributed by atoms with E-state index in [0.29, 0.717) is 5.69 Å². The molecule has 0 aromatic heterocycles. The van der Waals surface area contributed by atoms with Crippen molar-refractivity contribution >= 4 is 17.4 Å². The van der Waals surface area contributed by atoms with E-state index >= 15 is 0 Å². The number of thioether (sulfide) groups is 1. The first-order chi connectivity index (χ1) is 6.24. The predicted octanol–water partition coefficient (Wildman–Crippen LogP) is 1.20. The van der Waals surface area contributed by atoms with Gasteiger partial charge in [0.2, 0.25) is 0 Å². The number of aromatic hydroxyl groups is 1. The van der Waals surface area contributed by atoms with Gasteiger partial charge in [-0.15, -0.1) is 0 Å². The van der Waals surface area contributed by atoms with E-state index in [2.05, 4.69) is 0 Å². The van der Waals surface area contributed by atoms with Crippen LogP contribution >= 0.6 is 11.8 Å². The SMILES string of the molecule is Nc1cc(CSCCO)ccc1O. The molecule has 0 radical (unpaired) electrons. The van der Waals surface area contributed by atoms with Crippen LogP contribution in [0.25, 0.3) is 0 Å². The highest BCUT2D eigenvalue weighted by molar-refractivity contribution is 7.98. The minimum atomic E-state index is 0.121. The lowest BCUT2D eigenvalue weighted by atomic mass is 10.2. The van der Waals surface area contributed by atoms with E-state index in [-0.39, 0.29) is 12.4 Å². The summed E-state index contributed by atoms with van der Waals surface area (Å²) in [5, 5.41) is 17.7. The number of aliphatic hydroxyl groups excluding tert-OH is 1. The monoisotopic (exact) mass is 199 g/mol. The summed E-state index contributed by atoms with van der Waals surface area (Å²) in [7, 11) is 0. The van der Waals surface area contributed by atoms with Gasteiger partial charge in [-0.05, 0) is 17.7 Å². The van der Waals surface area contributed by atoms with E-state index in [1.807, 2.05) is 6.07 Å². The molecule has 0 unspecified atom stereocenters. The van der Waals surface area contributed by atoms with Crippen LogP contribution in [0.5, 0.6) is 5.75 Å². The summed E-state index contributed by atoms with van der Waals surface area (Å²) >= 11 is 1.63. The van der Waals surface area contributed by atoms with Gasteiger partial charge in [0.05, 0.1) is 12.3 Å². The number of benzene rings is 1. The van der Waals surface area contributed by atoms with Crippen LogP contribution in [-0.2, 0) is 5.75 Å². The topological polar surface area (TPSA) is 66.5 Å². The molecule has 0 spiro atoms. The third-order valence-corrected chi connectivity index (χ3v) is 2.61. The molecule has 0 atom stereocenters. The Balaban J connectivity index is 2.53. The van der Waals surface area contributed by atoms with Crippen molar-refractivity contribution in [2.45, 2.75) is 5.75 Å². The van der Waals surface area contributed by atoms with E-state index in [9.17, 15) is 0 Å². The second kappa shape index (κ2) is 4.99. The molecule has 72 valence electrons. The van der Waals surface area contributed by atoms with Crippen molar-refractivity contribution < 1.29 is 10.2 Å². The molecule has 0 saturated heterocycles. The summed E-state index contributed by atoms with van der Waals surface area (Å²) in [5.41, 5.74) is 6.98. The van der Waals surface area contributed by atoms with Crippen LogP contribution < -0.4 is 5.73 Å². The lowest BCUT2D eigenvalue weighted by Crippen LogP contribution is -1.90. The van der Waals surface area contributed by atoms with E-state index in [1.54, 1.807) is 23.9 Å². The van der Waals surface area contributed by atoms with Gasteiger partial charge in [0.15, 0.2) is 0 Å². The first kappa shape index (κ1) is 10.2. The lowest BCUT2D eigenvalue weighted by molar-refractivity contribution is 0.322. The van der Waals surface area contributed by atoms with Crippen molar-refractivity contribution in [3.05, 3.63) is 23.8 Å². The largest absolute Gasteiger partial charge is 0.506 e. The Hall–Kier alpha value is -0.870. The summed E-state index contributed by atoms with van der Waals surface area (Å²) in [4.78, 5) is 0. The predicted molar refractivity (Wildman–Crippen MR) is 55.8 cm³/mol. The van der Waals surface area contributed by atoms with Crippen molar-refractivity contribution in [3.8, 4) is 5.75 Å². The molecule has 1 rings (SSSR count). The van der Waals surface area contributed by atoms with Crippen molar-refractivity contribution in [1.82, 2.24) is 0 Å². The van der Waals surface area contributed by atoms with Crippen LogP contribution in [0.15, 0.2) is 18.2 Å². The van der Waals surface area contributed by atoms with Crippen LogP contribution in [0.4, 0.5) is 5.69 Å². The Bertz CT molecular complexity index is 278. The quantitative estimate of drug-likeness (QED) is 0.387. The molecule has 0 aliphatic heterocycles. The number of nitrogen functional groups attached to an aromatic ring is 1. The molecule has 4 N–H and O–H groups in total. The highest BCUT2D eigenvalue weighted by Crippen LogP contribution is 2.22. The molecule has 0 bridgehead atoms. The summed E-state index contributed by atoms with van der Waals surface area (Å²) in [6.07, 6.45) is 0. The van der Waals surface area contributed by atoms with Gasteiger partial charge in [-0.3, -0.25) is 0 Å². The van der Waals surface area contributed by atoms with Gasteiger partial charge in [-0.2, -0.15) is 11.8 Å². The van der Waals surface area contributed by atoms with E-state index < -0.39 is 0 Å². The zero-order chi connectivity index (χ0) is 9.68. The maximum atomic E-state index is 9.14. The third-order valence-electron chi connectivity index (χ3n) is 1.60. The highest BCUT2D eigenvalue weighted by Gasteiger charge is 1.98.